The van der Waals surface area contributed by atoms with Gasteiger partial charge in [-0.25, -0.2) is 14.6 Å². The van der Waals surface area contributed by atoms with Gasteiger partial charge in [0.15, 0.2) is 11.4 Å². The molecule has 0 radical (unpaired) electrons. The molecule has 0 saturated heterocycles. The monoisotopic (exact) mass is 481 g/mol. The van der Waals surface area contributed by atoms with Gasteiger partial charge in [0.05, 0.1) is 12.2 Å². The minimum Gasteiger partial charge on any atom is -0.390 e. The number of fused-ring (bicyclic) bond motifs is 6. The van der Waals surface area contributed by atoms with E-state index in [0.717, 1.165) is 45.1 Å². The molecule has 0 unspecified atom stereocenters. The van der Waals surface area contributed by atoms with Crippen LogP contribution in [0.25, 0.3) is 11.3 Å². The number of carbonyl (C=O) groups is 1. The molecule has 2 aromatic rings. The molecule has 0 amide bonds. The Hall–Kier alpha value is -1.93. The van der Waals surface area contributed by atoms with Gasteiger partial charge >= 0.3 is 0 Å². The Morgan fingerprint density at radius 1 is 1.09 bits per heavy atom. The number of aliphatic hydroxyl groups is 1. The third-order valence-corrected chi connectivity index (χ3v) is 10.9. The van der Waals surface area contributed by atoms with Crippen LogP contribution in [0.4, 0.5) is 0 Å². The number of hydrogen-bond donors (Lipinski definition) is 1. The van der Waals surface area contributed by atoms with E-state index in [1.807, 2.05) is 14.0 Å². The second-order valence-corrected chi connectivity index (χ2v) is 12.6. The quantitative estimate of drug-likeness (QED) is 0.692. The molecule has 8 nitrogen and oxygen atoms in total. The van der Waals surface area contributed by atoms with Gasteiger partial charge in [0.25, 0.3) is 0 Å². The lowest BCUT2D eigenvalue weighted by Crippen LogP contribution is -2.58. The molecule has 4 aliphatic carbocycles. The number of aromatic nitrogens is 5. The number of hydrogen-bond acceptors (Lipinski definition) is 7. The standard InChI is InChI=1S/C27H39N5O3/c1-25(34)10-11-27(16-35-3)17(14-25)4-5-18-19-6-7-21(26(19,2)9-8-20(18)27)22(33)15-32-24-23(30-31-32)28-12-13-29-24/h12-13,17-21,34H,4-11,14-16H2,1-3H3/t17-,18+,19+,20+,21-,25-,26+,27-/m1/s1. The SMILES string of the molecule is COC[C@]12CC[C@@](C)(O)C[C@H]1CC[C@H]1[C@@H]3CC[C@H](C(=O)Cn4nnc5nccnc54)[C@@]3(C)CC[C@@H]12. The van der Waals surface area contributed by atoms with Gasteiger partial charge < -0.3 is 9.84 Å². The Morgan fingerprint density at radius 2 is 1.91 bits per heavy atom. The second-order valence-electron chi connectivity index (χ2n) is 12.6. The second kappa shape index (κ2) is 8.30. The zero-order valence-electron chi connectivity index (χ0n) is 21.3. The van der Waals surface area contributed by atoms with E-state index in [4.69, 9.17) is 4.74 Å². The Bertz CT molecular complexity index is 1120. The van der Waals surface area contributed by atoms with E-state index < -0.39 is 5.60 Å². The summed E-state index contributed by atoms with van der Waals surface area (Å²) < 4.78 is 7.51. The first-order valence-electron chi connectivity index (χ1n) is 13.5. The highest BCUT2D eigenvalue weighted by atomic mass is 16.5. The van der Waals surface area contributed by atoms with E-state index in [2.05, 4.69) is 27.2 Å². The molecule has 4 aliphatic rings. The normalized spacial score (nSPS) is 42.9. The molecule has 2 aromatic heterocycles. The maximum absolute atomic E-state index is 13.7. The van der Waals surface area contributed by atoms with Crippen molar-refractivity contribution >= 4 is 17.1 Å². The molecule has 1 N–H and O–H groups in total. The molecule has 2 heterocycles. The summed E-state index contributed by atoms with van der Waals surface area (Å²) in [5.74, 6) is 2.74. The van der Waals surface area contributed by atoms with E-state index in [-0.39, 0.29) is 29.1 Å². The summed E-state index contributed by atoms with van der Waals surface area (Å²) in [5.41, 5.74) is 0.752. The van der Waals surface area contributed by atoms with Gasteiger partial charge in [-0.3, -0.25) is 4.79 Å². The Labute approximate surface area is 207 Å². The lowest BCUT2D eigenvalue weighted by atomic mass is 9.43. The van der Waals surface area contributed by atoms with Gasteiger partial charge in [0.1, 0.15) is 6.54 Å². The third kappa shape index (κ3) is 3.57. The van der Waals surface area contributed by atoms with Crippen molar-refractivity contribution in [3.05, 3.63) is 12.4 Å². The maximum atomic E-state index is 13.7. The summed E-state index contributed by atoms with van der Waals surface area (Å²) in [6.45, 7) is 5.44. The van der Waals surface area contributed by atoms with Crippen molar-refractivity contribution in [3.8, 4) is 0 Å². The van der Waals surface area contributed by atoms with Crippen LogP contribution in [0.3, 0.4) is 0 Å². The van der Waals surface area contributed by atoms with Crippen LogP contribution >= 0.6 is 0 Å². The summed E-state index contributed by atoms with van der Waals surface area (Å²) >= 11 is 0. The Morgan fingerprint density at radius 3 is 2.74 bits per heavy atom. The predicted octanol–water partition coefficient (Wildman–Crippen LogP) is 3.83. The summed E-state index contributed by atoms with van der Waals surface area (Å²) in [7, 11) is 1.84. The van der Waals surface area contributed by atoms with E-state index in [9.17, 15) is 9.90 Å². The van der Waals surface area contributed by atoms with Crippen LogP contribution < -0.4 is 0 Å². The molecule has 35 heavy (non-hydrogen) atoms. The summed E-state index contributed by atoms with van der Waals surface area (Å²) in [6.07, 6.45) is 12.8. The lowest BCUT2D eigenvalue weighted by molar-refractivity contribution is -0.175. The molecule has 8 heteroatoms. The largest absolute Gasteiger partial charge is 0.390 e. The topological polar surface area (TPSA) is 103 Å². The molecule has 190 valence electrons. The lowest BCUT2D eigenvalue weighted by Gasteiger charge is -2.62. The molecule has 0 bridgehead atoms. The zero-order chi connectivity index (χ0) is 24.4. The molecule has 0 aliphatic heterocycles. The first-order chi connectivity index (χ1) is 16.8. The molecular weight excluding hydrogens is 442 g/mol. The first-order valence-corrected chi connectivity index (χ1v) is 13.5. The first kappa shape index (κ1) is 23.5. The number of rotatable bonds is 5. The number of ketones is 1. The third-order valence-electron chi connectivity index (χ3n) is 10.9. The van der Waals surface area contributed by atoms with Crippen molar-refractivity contribution in [2.45, 2.75) is 83.8 Å². The van der Waals surface area contributed by atoms with Gasteiger partial charge in [0, 0.05) is 25.4 Å². The number of nitrogens with zero attached hydrogens (tertiary/aromatic N) is 5. The van der Waals surface area contributed by atoms with E-state index in [0.29, 0.717) is 35.0 Å². The average Bonchev–Trinajstić information content (AvgIpc) is 3.40. The Balaban J connectivity index is 1.24. The van der Waals surface area contributed by atoms with Gasteiger partial charge in [-0.2, -0.15) is 0 Å². The molecule has 0 spiro atoms. The van der Waals surface area contributed by atoms with Gasteiger partial charge in [-0.1, -0.05) is 12.1 Å². The molecule has 4 fully saturated rings. The maximum Gasteiger partial charge on any atom is 0.221 e. The van der Waals surface area contributed by atoms with Crippen molar-refractivity contribution in [1.29, 1.82) is 0 Å². The highest BCUT2D eigenvalue weighted by molar-refractivity contribution is 5.83. The number of methoxy groups -OCH3 is 1. The predicted molar refractivity (Wildman–Crippen MR) is 130 cm³/mol. The van der Waals surface area contributed by atoms with Crippen LogP contribution in [-0.2, 0) is 16.1 Å². The van der Waals surface area contributed by atoms with Gasteiger partial charge in [-0.05, 0) is 99.2 Å². The fourth-order valence-corrected chi connectivity index (χ4v) is 9.39. The van der Waals surface area contributed by atoms with Crippen molar-refractivity contribution < 1.29 is 14.6 Å². The van der Waals surface area contributed by atoms with Crippen LogP contribution in [0.5, 0.6) is 0 Å². The van der Waals surface area contributed by atoms with E-state index in [1.165, 1.54) is 19.3 Å². The fourth-order valence-electron chi connectivity index (χ4n) is 9.39. The van der Waals surface area contributed by atoms with Crippen LogP contribution in [-0.4, -0.2) is 55.2 Å². The highest BCUT2D eigenvalue weighted by Gasteiger charge is 2.63. The van der Waals surface area contributed by atoms with E-state index >= 15 is 0 Å². The smallest absolute Gasteiger partial charge is 0.221 e. The minimum atomic E-state index is -0.543. The van der Waals surface area contributed by atoms with Crippen molar-refractivity contribution in [2.75, 3.05) is 13.7 Å². The highest BCUT2D eigenvalue weighted by Crippen LogP contribution is 2.68. The van der Waals surface area contributed by atoms with Crippen LogP contribution in [0, 0.1) is 40.4 Å². The summed E-state index contributed by atoms with van der Waals surface area (Å²) in [5, 5.41) is 19.1. The number of ether oxygens (including phenoxy) is 1. The Kier molecular flexibility index (Phi) is 5.57. The summed E-state index contributed by atoms with van der Waals surface area (Å²) in [4.78, 5) is 22.2. The molecular formula is C27H39N5O3. The number of Topliss-reactive ketones (excluding diaryl/α,β-unsaturated/α-hetero) is 1. The molecule has 4 saturated carbocycles. The minimum absolute atomic E-state index is 0.0432. The average molecular weight is 482 g/mol. The van der Waals surface area contributed by atoms with Crippen LogP contribution in [0.2, 0.25) is 0 Å². The zero-order valence-corrected chi connectivity index (χ0v) is 21.3. The summed E-state index contributed by atoms with van der Waals surface area (Å²) in [6, 6.07) is 0. The van der Waals surface area contributed by atoms with Crippen molar-refractivity contribution in [1.82, 2.24) is 25.0 Å². The van der Waals surface area contributed by atoms with Gasteiger partial charge in [-0.15, -0.1) is 5.10 Å². The van der Waals surface area contributed by atoms with Gasteiger partial charge in [0.2, 0.25) is 5.65 Å². The van der Waals surface area contributed by atoms with Crippen molar-refractivity contribution in [3.63, 3.8) is 0 Å². The van der Waals surface area contributed by atoms with Crippen LogP contribution in [0.1, 0.15) is 71.6 Å². The number of carbonyl (C=O) groups excluding carboxylic acids is 1. The molecule has 6 rings (SSSR count). The molecule has 0 aromatic carbocycles. The molecule has 8 atom stereocenters. The fraction of sp³-hybridized carbons (Fsp3) is 0.815. The van der Waals surface area contributed by atoms with Crippen LogP contribution in [0.15, 0.2) is 12.4 Å². The van der Waals surface area contributed by atoms with Crippen molar-refractivity contribution in [2.24, 2.45) is 40.4 Å². The van der Waals surface area contributed by atoms with E-state index in [1.54, 1.807) is 17.1 Å².